The van der Waals surface area contributed by atoms with Gasteiger partial charge in [-0.25, -0.2) is 9.69 Å². The molecule has 19 heavy (non-hydrogen) atoms. The third-order valence-electron chi connectivity index (χ3n) is 3.42. The summed E-state index contributed by atoms with van der Waals surface area (Å²) in [4.78, 5) is 27.9. The highest BCUT2D eigenvalue weighted by molar-refractivity contribution is 5.94. The molecule has 2 aliphatic rings. The lowest BCUT2D eigenvalue weighted by atomic mass is 9.99. The monoisotopic (exact) mass is 268 g/mol. The van der Waals surface area contributed by atoms with E-state index in [1.165, 1.54) is 4.90 Å². The zero-order chi connectivity index (χ0) is 14.4. The Morgan fingerprint density at radius 1 is 1.32 bits per heavy atom. The van der Waals surface area contributed by atoms with Crippen molar-refractivity contribution in [1.29, 1.82) is 0 Å². The van der Waals surface area contributed by atoms with Crippen LogP contribution < -0.4 is 0 Å². The lowest BCUT2D eigenvalue weighted by molar-refractivity contribution is -0.143. The predicted octanol–water partition coefficient (Wildman–Crippen LogP) is 2.01. The van der Waals surface area contributed by atoms with E-state index >= 15 is 0 Å². The van der Waals surface area contributed by atoms with Crippen molar-refractivity contribution in [3.63, 3.8) is 0 Å². The van der Waals surface area contributed by atoms with Gasteiger partial charge >= 0.3 is 6.09 Å². The lowest BCUT2D eigenvalue weighted by Gasteiger charge is -2.45. The van der Waals surface area contributed by atoms with E-state index in [2.05, 4.69) is 4.90 Å². The summed E-state index contributed by atoms with van der Waals surface area (Å²) in [6.45, 7) is 10.3. The molecule has 5 heteroatoms. The Labute approximate surface area is 114 Å². The van der Waals surface area contributed by atoms with Gasteiger partial charge in [-0.2, -0.15) is 0 Å². The molecule has 2 amide bonds. The molecule has 5 nitrogen and oxygen atoms in total. The van der Waals surface area contributed by atoms with Gasteiger partial charge in [0, 0.05) is 12.6 Å². The number of amides is 2. The molecule has 1 aliphatic heterocycles. The Hall–Kier alpha value is -1.10. The fourth-order valence-electron chi connectivity index (χ4n) is 2.56. The summed E-state index contributed by atoms with van der Waals surface area (Å²) >= 11 is 0. The maximum Gasteiger partial charge on any atom is 0.417 e. The van der Waals surface area contributed by atoms with Crippen LogP contribution in [-0.4, -0.2) is 52.1 Å². The largest absolute Gasteiger partial charge is 0.443 e. The van der Waals surface area contributed by atoms with E-state index in [1.807, 2.05) is 34.6 Å². The van der Waals surface area contributed by atoms with Gasteiger partial charge in [0.15, 0.2) is 0 Å². The molecule has 0 N–H and O–H groups in total. The maximum absolute atomic E-state index is 12.3. The van der Waals surface area contributed by atoms with Crippen molar-refractivity contribution in [1.82, 2.24) is 9.80 Å². The van der Waals surface area contributed by atoms with Gasteiger partial charge in [0.2, 0.25) is 5.91 Å². The molecule has 1 aliphatic carbocycles. The Morgan fingerprint density at radius 3 is 2.32 bits per heavy atom. The summed E-state index contributed by atoms with van der Waals surface area (Å²) in [6.07, 6.45) is 1.80. The molecule has 1 saturated heterocycles. The van der Waals surface area contributed by atoms with Gasteiger partial charge < -0.3 is 4.74 Å². The van der Waals surface area contributed by atoms with Crippen molar-refractivity contribution >= 4 is 12.0 Å². The summed E-state index contributed by atoms with van der Waals surface area (Å²) in [5.74, 6) is -0.155. The number of ether oxygens (including phenoxy) is 1. The molecule has 1 saturated carbocycles. The molecule has 0 aromatic carbocycles. The van der Waals surface area contributed by atoms with Crippen LogP contribution in [0.25, 0.3) is 0 Å². The number of piperazine rings is 1. The van der Waals surface area contributed by atoms with Crippen molar-refractivity contribution in [2.24, 2.45) is 0 Å². The Balaban J connectivity index is 2.11. The molecule has 0 unspecified atom stereocenters. The highest BCUT2D eigenvalue weighted by atomic mass is 16.6. The molecule has 2 fully saturated rings. The molecule has 0 spiro atoms. The van der Waals surface area contributed by atoms with Gasteiger partial charge in [0.1, 0.15) is 5.60 Å². The van der Waals surface area contributed by atoms with Crippen LogP contribution in [0, 0.1) is 0 Å². The van der Waals surface area contributed by atoms with Gasteiger partial charge in [-0.15, -0.1) is 0 Å². The van der Waals surface area contributed by atoms with Gasteiger partial charge in [0.05, 0.1) is 12.1 Å². The summed E-state index contributed by atoms with van der Waals surface area (Å²) < 4.78 is 5.34. The molecule has 0 bridgehead atoms. The van der Waals surface area contributed by atoms with Crippen LogP contribution in [0.15, 0.2) is 0 Å². The molecule has 0 atom stereocenters. The zero-order valence-corrected chi connectivity index (χ0v) is 12.5. The fourth-order valence-corrected chi connectivity index (χ4v) is 2.56. The second-order valence-corrected chi connectivity index (χ2v) is 7.16. The van der Waals surface area contributed by atoms with Gasteiger partial charge in [-0.1, -0.05) is 0 Å². The van der Waals surface area contributed by atoms with Crippen LogP contribution in [0.4, 0.5) is 4.79 Å². The van der Waals surface area contributed by atoms with E-state index < -0.39 is 17.2 Å². The van der Waals surface area contributed by atoms with Gasteiger partial charge in [-0.05, 0) is 47.5 Å². The molecular weight excluding hydrogens is 244 g/mol. The Bertz CT molecular complexity index is 394. The Morgan fingerprint density at radius 2 is 1.89 bits per heavy atom. The highest BCUT2D eigenvalue weighted by Gasteiger charge is 2.47. The van der Waals surface area contributed by atoms with E-state index in [4.69, 9.17) is 4.74 Å². The third kappa shape index (κ3) is 3.26. The third-order valence-corrected chi connectivity index (χ3v) is 3.42. The van der Waals surface area contributed by atoms with Crippen molar-refractivity contribution in [3.05, 3.63) is 0 Å². The molecule has 0 radical (unpaired) electrons. The summed E-state index contributed by atoms with van der Waals surface area (Å²) in [6, 6.07) is 0.531. The predicted molar refractivity (Wildman–Crippen MR) is 71.8 cm³/mol. The second kappa shape index (κ2) is 4.47. The number of carbonyl (C=O) groups excluding carboxylic acids is 2. The zero-order valence-electron chi connectivity index (χ0n) is 12.5. The Kier molecular flexibility index (Phi) is 3.37. The molecule has 2 rings (SSSR count). The summed E-state index contributed by atoms with van der Waals surface area (Å²) in [5, 5.41) is 0. The molecule has 108 valence electrons. The normalized spacial score (nSPS) is 24.5. The van der Waals surface area contributed by atoms with E-state index in [1.54, 1.807) is 0 Å². The minimum absolute atomic E-state index is 0.155. The lowest BCUT2D eigenvalue weighted by Crippen LogP contribution is -2.64. The van der Waals surface area contributed by atoms with E-state index in [-0.39, 0.29) is 5.91 Å². The molecule has 1 heterocycles. The first-order valence-corrected chi connectivity index (χ1v) is 6.90. The van der Waals surface area contributed by atoms with Crippen molar-refractivity contribution in [2.75, 3.05) is 13.1 Å². The fraction of sp³-hybridized carbons (Fsp3) is 0.857. The van der Waals surface area contributed by atoms with Crippen LogP contribution in [0.3, 0.4) is 0 Å². The topological polar surface area (TPSA) is 49.9 Å². The average Bonchev–Trinajstić information content (AvgIpc) is 2.93. The smallest absolute Gasteiger partial charge is 0.417 e. The first kappa shape index (κ1) is 14.3. The SMILES string of the molecule is CC(C)(C)OC(=O)N1C(=O)CN(C2CC2)CC1(C)C. The first-order chi connectivity index (χ1) is 8.60. The minimum atomic E-state index is -0.582. The average molecular weight is 268 g/mol. The van der Waals surface area contributed by atoms with Crippen molar-refractivity contribution in [3.8, 4) is 0 Å². The molecule has 0 aromatic rings. The summed E-state index contributed by atoms with van der Waals surface area (Å²) in [7, 11) is 0. The number of rotatable bonds is 1. The first-order valence-electron chi connectivity index (χ1n) is 6.90. The summed E-state index contributed by atoms with van der Waals surface area (Å²) in [5.41, 5.74) is -1.10. The number of hydrogen-bond donors (Lipinski definition) is 0. The molecular formula is C14H24N2O3. The van der Waals surface area contributed by atoms with Crippen LogP contribution in [0.1, 0.15) is 47.5 Å². The number of carbonyl (C=O) groups is 2. The standard InChI is InChI=1S/C14H24N2O3/c1-13(2,3)19-12(18)16-11(17)8-15(10-6-7-10)9-14(16,4)5/h10H,6-9H2,1-5H3. The number of hydrogen-bond acceptors (Lipinski definition) is 4. The maximum atomic E-state index is 12.3. The van der Waals surface area contributed by atoms with Crippen molar-refractivity contribution in [2.45, 2.75) is 64.6 Å². The second-order valence-electron chi connectivity index (χ2n) is 7.16. The minimum Gasteiger partial charge on any atom is -0.443 e. The van der Waals surface area contributed by atoms with E-state index in [0.717, 1.165) is 19.4 Å². The van der Waals surface area contributed by atoms with Crippen LogP contribution in [0.2, 0.25) is 0 Å². The van der Waals surface area contributed by atoms with E-state index in [0.29, 0.717) is 12.6 Å². The highest BCUT2D eigenvalue weighted by Crippen LogP contribution is 2.33. The quantitative estimate of drug-likeness (QED) is 0.730. The van der Waals surface area contributed by atoms with Crippen LogP contribution in [0.5, 0.6) is 0 Å². The van der Waals surface area contributed by atoms with E-state index in [9.17, 15) is 9.59 Å². The number of imide groups is 1. The van der Waals surface area contributed by atoms with Gasteiger partial charge in [-0.3, -0.25) is 9.69 Å². The van der Waals surface area contributed by atoms with Crippen molar-refractivity contribution < 1.29 is 14.3 Å². The number of nitrogens with zero attached hydrogens (tertiary/aromatic N) is 2. The van der Waals surface area contributed by atoms with Crippen LogP contribution in [-0.2, 0) is 9.53 Å². The van der Waals surface area contributed by atoms with Crippen LogP contribution >= 0.6 is 0 Å². The van der Waals surface area contributed by atoms with Gasteiger partial charge in [0.25, 0.3) is 0 Å². The molecule has 0 aromatic heterocycles.